The number of amides is 1. The molecule has 0 aromatic heterocycles. The largest absolute Gasteiger partial charge is 0.381 e. The molecule has 1 heterocycles. The normalized spacial score (nSPS) is 18.5. The molecule has 1 aliphatic heterocycles. The third-order valence-corrected chi connectivity index (χ3v) is 3.95. The van der Waals surface area contributed by atoms with E-state index in [0.717, 1.165) is 17.8 Å². The van der Waals surface area contributed by atoms with Crippen LogP contribution in [0.15, 0.2) is 23.1 Å². The van der Waals surface area contributed by atoms with Crippen molar-refractivity contribution in [2.24, 2.45) is 5.92 Å². The average Bonchev–Trinajstić information content (AvgIpc) is 2.91. The molecule has 0 spiro atoms. The van der Waals surface area contributed by atoms with Gasteiger partial charge < -0.3 is 10.1 Å². The molecule has 7 heteroatoms. The van der Waals surface area contributed by atoms with Crippen molar-refractivity contribution in [2.75, 3.05) is 24.3 Å². The molecule has 110 valence electrons. The van der Waals surface area contributed by atoms with Crippen LogP contribution in [0.5, 0.6) is 0 Å². The quantitative estimate of drug-likeness (QED) is 0.849. The van der Waals surface area contributed by atoms with E-state index in [1.54, 1.807) is 0 Å². The van der Waals surface area contributed by atoms with Gasteiger partial charge in [0.2, 0.25) is 12.3 Å². The summed E-state index contributed by atoms with van der Waals surface area (Å²) in [7, 11) is 0. The summed E-state index contributed by atoms with van der Waals surface area (Å²) >= 11 is 0.886. The fourth-order valence-electron chi connectivity index (χ4n) is 1.85. The van der Waals surface area contributed by atoms with Gasteiger partial charge in [-0.25, -0.2) is 13.2 Å². The number of ether oxygens (including phenoxy) is 1. The lowest BCUT2D eigenvalue weighted by atomic mass is 10.1. The number of hydrogen-bond acceptors (Lipinski definition) is 3. The molecule has 0 aliphatic carbocycles. The van der Waals surface area contributed by atoms with Gasteiger partial charge in [-0.3, -0.25) is 4.79 Å². The van der Waals surface area contributed by atoms with E-state index in [0.29, 0.717) is 24.5 Å². The van der Waals surface area contributed by atoms with Gasteiger partial charge in [-0.15, -0.1) is 11.8 Å². The summed E-state index contributed by atoms with van der Waals surface area (Å²) < 4.78 is 42.8. The molecule has 1 atom stereocenters. The van der Waals surface area contributed by atoms with Crippen LogP contribution in [0, 0.1) is 11.7 Å². The molecule has 2 rings (SSSR count). The minimum Gasteiger partial charge on any atom is -0.381 e. The number of hydrogen-bond donors (Lipinski definition) is 1. The summed E-state index contributed by atoms with van der Waals surface area (Å²) in [4.78, 5) is 12.4. The first-order valence-electron chi connectivity index (χ1n) is 6.15. The first kappa shape index (κ1) is 15.2. The molecule has 1 aromatic rings. The smallest absolute Gasteiger partial charge is 0.247 e. The maximum Gasteiger partial charge on any atom is 0.247 e. The molecular formula is C13H14F3NO2S. The Kier molecular flexibility index (Phi) is 5.31. The molecular weight excluding hydrogens is 291 g/mol. The van der Waals surface area contributed by atoms with Crippen LogP contribution in [0.1, 0.15) is 6.42 Å². The zero-order valence-electron chi connectivity index (χ0n) is 10.6. The van der Waals surface area contributed by atoms with Gasteiger partial charge in [-0.2, -0.15) is 0 Å². The van der Waals surface area contributed by atoms with Crippen molar-refractivity contribution in [3.63, 3.8) is 0 Å². The van der Waals surface area contributed by atoms with Crippen molar-refractivity contribution in [1.82, 2.24) is 0 Å². The van der Waals surface area contributed by atoms with E-state index in [1.807, 2.05) is 0 Å². The number of thioether (sulfide) groups is 1. The second-order valence-corrected chi connectivity index (χ2v) is 5.45. The summed E-state index contributed by atoms with van der Waals surface area (Å²) in [6.07, 6.45) is -1.85. The number of benzene rings is 1. The highest BCUT2D eigenvalue weighted by atomic mass is 32.2. The highest BCUT2D eigenvalue weighted by molar-refractivity contribution is 7.99. The van der Waals surface area contributed by atoms with Gasteiger partial charge in [0.15, 0.2) is 0 Å². The molecule has 0 unspecified atom stereocenters. The van der Waals surface area contributed by atoms with Gasteiger partial charge in [0.25, 0.3) is 0 Å². The van der Waals surface area contributed by atoms with Crippen molar-refractivity contribution in [3.8, 4) is 0 Å². The van der Waals surface area contributed by atoms with Gasteiger partial charge in [-0.05, 0) is 24.6 Å². The summed E-state index contributed by atoms with van der Waals surface area (Å²) in [6.45, 7) is 0.856. The monoisotopic (exact) mass is 305 g/mol. The van der Waals surface area contributed by atoms with Crippen molar-refractivity contribution in [1.29, 1.82) is 0 Å². The Bertz CT molecular complexity index is 479. The molecule has 1 fully saturated rings. The van der Waals surface area contributed by atoms with Crippen molar-refractivity contribution >= 4 is 23.4 Å². The third-order valence-electron chi connectivity index (χ3n) is 2.86. The number of nitrogens with one attached hydrogen (secondary N) is 1. The number of anilines is 1. The van der Waals surface area contributed by atoms with Crippen molar-refractivity contribution in [3.05, 3.63) is 24.0 Å². The number of alkyl halides is 2. The van der Waals surface area contributed by atoms with E-state index in [-0.39, 0.29) is 17.5 Å². The number of halogens is 3. The second kappa shape index (κ2) is 6.99. The van der Waals surface area contributed by atoms with Crippen LogP contribution >= 0.6 is 11.8 Å². The highest BCUT2D eigenvalue weighted by Crippen LogP contribution is 2.30. The lowest BCUT2D eigenvalue weighted by Crippen LogP contribution is -2.23. The Labute approximate surface area is 118 Å². The molecule has 3 nitrogen and oxygen atoms in total. The number of rotatable bonds is 5. The molecule has 1 N–H and O–H groups in total. The van der Waals surface area contributed by atoms with Crippen LogP contribution in [0.25, 0.3) is 0 Å². The fraction of sp³-hybridized carbons (Fsp3) is 0.462. The zero-order valence-corrected chi connectivity index (χ0v) is 11.4. The Morgan fingerprint density at radius 2 is 2.30 bits per heavy atom. The van der Waals surface area contributed by atoms with Crippen molar-refractivity contribution < 1.29 is 22.7 Å². The average molecular weight is 305 g/mol. The van der Waals surface area contributed by atoms with Crippen LogP contribution in [0.4, 0.5) is 18.9 Å². The predicted molar refractivity (Wildman–Crippen MR) is 70.7 cm³/mol. The maximum atomic E-state index is 13.2. The third kappa shape index (κ3) is 4.14. The van der Waals surface area contributed by atoms with Crippen LogP contribution in [0.2, 0.25) is 0 Å². The standard InChI is InChI=1S/C13H14F3NO2S/c14-9-1-2-11(20-7-12(15)16)10(5-9)17-13(18)8-3-4-19-6-8/h1-2,5,8,12H,3-4,6-7H2,(H,17,18)/t8-/m1/s1. The topological polar surface area (TPSA) is 38.3 Å². The van der Waals surface area contributed by atoms with E-state index in [2.05, 4.69) is 5.32 Å². The molecule has 20 heavy (non-hydrogen) atoms. The van der Waals surface area contributed by atoms with Crippen LogP contribution in [-0.2, 0) is 9.53 Å². The van der Waals surface area contributed by atoms with Gasteiger partial charge in [0, 0.05) is 11.5 Å². The summed E-state index contributed by atoms with van der Waals surface area (Å²) in [5.74, 6) is -1.47. The molecule has 0 bridgehead atoms. The first-order chi connectivity index (χ1) is 9.56. The predicted octanol–water partition coefficient (Wildman–Crippen LogP) is 3.16. The van der Waals surface area contributed by atoms with Gasteiger partial charge in [0.1, 0.15) is 5.82 Å². The first-order valence-corrected chi connectivity index (χ1v) is 7.14. The van der Waals surface area contributed by atoms with Gasteiger partial charge in [0.05, 0.1) is 24.0 Å². The Morgan fingerprint density at radius 1 is 1.50 bits per heavy atom. The summed E-state index contributed by atoms with van der Waals surface area (Å²) in [5, 5.41) is 2.59. The number of carbonyl (C=O) groups excluding carboxylic acids is 1. The SMILES string of the molecule is O=C(Nc1cc(F)ccc1SCC(F)F)[C@@H]1CCOC1. The lowest BCUT2D eigenvalue weighted by Gasteiger charge is -2.13. The summed E-state index contributed by atoms with van der Waals surface area (Å²) in [5.41, 5.74) is 0.229. The Morgan fingerprint density at radius 3 is 2.95 bits per heavy atom. The summed E-state index contributed by atoms with van der Waals surface area (Å²) in [6, 6.07) is 3.72. The fourth-order valence-corrected chi connectivity index (χ4v) is 2.59. The molecule has 1 saturated heterocycles. The van der Waals surface area contributed by atoms with Crippen LogP contribution in [0.3, 0.4) is 0 Å². The van der Waals surface area contributed by atoms with E-state index < -0.39 is 18.0 Å². The van der Waals surface area contributed by atoms with Crippen molar-refractivity contribution in [2.45, 2.75) is 17.7 Å². The minimum atomic E-state index is -2.46. The molecule has 1 aliphatic rings. The minimum absolute atomic E-state index is 0.229. The van der Waals surface area contributed by atoms with Crippen LogP contribution < -0.4 is 5.32 Å². The highest BCUT2D eigenvalue weighted by Gasteiger charge is 2.24. The zero-order chi connectivity index (χ0) is 14.5. The molecule has 0 saturated carbocycles. The molecule has 1 amide bonds. The van der Waals surface area contributed by atoms with Gasteiger partial charge >= 0.3 is 0 Å². The van der Waals surface area contributed by atoms with E-state index >= 15 is 0 Å². The number of carbonyl (C=O) groups is 1. The van der Waals surface area contributed by atoms with E-state index in [1.165, 1.54) is 12.1 Å². The van der Waals surface area contributed by atoms with Gasteiger partial charge in [-0.1, -0.05) is 0 Å². The molecule has 0 radical (unpaired) electrons. The Balaban J connectivity index is 2.07. The molecule has 1 aromatic carbocycles. The van der Waals surface area contributed by atoms with E-state index in [4.69, 9.17) is 4.74 Å². The Hall–Kier alpha value is -1.21. The second-order valence-electron chi connectivity index (χ2n) is 4.39. The van der Waals surface area contributed by atoms with Crippen LogP contribution in [-0.4, -0.2) is 31.3 Å². The lowest BCUT2D eigenvalue weighted by molar-refractivity contribution is -0.119. The maximum absolute atomic E-state index is 13.2. The van der Waals surface area contributed by atoms with E-state index in [9.17, 15) is 18.0 Å².